The summed E-state index contributed by atoms with van der Waals surface area (Å²) in [6, 6.07) is 18.6. The standard InChI is InChI=1S/C32H28FN3O4S2/c1-17(2)19-8-10-20(11-9-19)27-26(28(37)21-12-13-25-23(15-21)14-18(3)40-25)29(38)30(39)36(27)31-34-35-32(42-31)41-16-22-6-4-5-7-24(22)33/h4-13,15,17-18,27,37H,14,16H2,1-3H3/t18-,27-/m1/s1. The minimum absolute atomic E-state index is 0.0139. The molecule has 7 nitrogen and oxygen atoms in total. The number of anilines is 1. The fourth-order valence-corrected chi connectivity index (χ4v) is 7.10. The Kier molecular flexibility index (Phi) is 7.59. The van der Waals surface area contributed by atoms with Crippen LogP contribution in [0.4, 0.5) is 9.52 Å². The van der Waals surface area contributed by atoms with Gasteiger partial charge in [0.05, 0.1) is 11.6 Å². The van der Waals surface area contributed by atoms with Crippen LogP contribution in [0, 0.1) is 5.82 Å². The largest absolute Gasteiger partial charge is 0.507 e. The number of amides is 1. The number of hydrogen-bond acceptors (Lipinski definition) is 8. The molecule has 42 heavy (non-hydrogen) atoms. The van der Waals surface area contributed by atoms with Gasteiger partial charge in [0.2, 0.25) is 5.13 Å². The molecule has 3 heterocycles. The smallest absolute Gasteiger partial charge is 0.301 e. The Morgan fingerprint density at radius 1 is 1.12 bits per heavy atom. The molecular weight excluding hydrogens is 574 g/mol. The number of Topliss-reactive ketones (excluding diaryl/α,β-unsaturated/α-hetero) is 1. The predicted molar refractivity (Wildman–Crippen MR) is 161 cm³/mol. The van der Waals surface area contributed by atoms with E-state index in [1.807, 2.05) is 37.3 Å². The van der Waals surface area contributed by atoms with Crippen molar-refractivity contribution in [2.45, 2.75) is 55.3 Å². The van der Waals surface area contributed by atoms with E-state index in [-0.39, 0.29) is 28.4 Å². The maximum absolute atomic E-state index is 14.1. The number of fused-ring (bicyclic) bond motifs is 1. The first-order valence-corrected chi connectivity index (χ1v) is 15.4. The number of halogens is 1. The molecule has 1 saturated heterocycles. The van der Waals surface area contributed by atoms with Gasteiger partial charge in [0, 0.05) is 17.7 Å². The minimum Gasteiger partial charge on any atom is -0.507 e. The fraction of sp³-hybridized carbons (Fsp3) is 0.250. The first kappa shape index (κ1) is 28.1. The maximum Gasteiger partial charge on any atom is 0.301 e. The Hall–Kier alpha value is -4.02. The third kappa shape index (κ3) is 5.20. The Labute approximate surface area is 251 Å². The molecule has 0 unspecified atom stereocenters. The molecule has 214 valence electrons. The SMILES string of the molecule is CC(C)c1ccc([C@@H]2C(=C(O)c3ccc4c(c3)C[C@@H](C)O4)C(=O)C(=O)N2c2nnc(SCc3ccccc3F)s2)cc1. The third-order valence-corrected chi connectivity index (χ3v) is 9.55. The summed E-state index contributed by atoms with van der Waals surface area (Å²) in [7, 11) is 0. The summed E-state index contributed by atoms with van der Waals surface area (Å²) in [6.07, 6.45) is 0.702. The lowest BCUT2D eigenvalue weighted by Gasteiger charge is -2.23. The van der Waals surface area contributed by atoms with Crippen molar-refractivity contribution in [2.24, 2.45) is 0 Å². The van der Waals surface area contributed by atoms with E-state index in [1.54, 1.807) is 30.3 Å². The molecule has 1 amide bonds. The van der Waals surface area contributed by atoms with Crippen molar-refractivity contribution >= 4 is 45.7 Å². The summed E-state index contributed by atoms with van der Waals surface area (Å²) in [6.45, 7) is 6.14. The number of benzene rings is 3. The first-order chi connectivity index (χ1) is 20.2. The van der Waals surface area contributed by atoms with Crippen molar-refractivity contribution in [3.05, 3.63) is 106 Å². The van der Waals surface area contributed by atoms with Crippen LogP contribution in [0.1, 0.15) is 60.5 Å². The highest BCUT2D eigenvalue weighted by atomic mass is 32.2. The van der Waals surface area contributed by atoms with E-state index in [0.717, 1.165) is 28.2 Å². The molecule has 0 spiro atoms. The molecule has 2 atom stereocenters. The molecule has 0 bridgehead atoms. The number of ketones is 1. The molecule has 1 N–H and O–H groups in total. The molecule has 10 heteroatoms. The summed E-state index contributed by atoms with van der Waals surface area (Å²) in [4.78, 5) is 28.5. The third-order valence-electron chi connectivity index (χ3n) is 7.44. The minimum atomic E-state index is -0.910. The zero-order chi connectivity index (χ0) is 29.5. The molecule has 0 aliphatic carbocycles. The molecule has 3 aromatic carbocycles. The van der Waals surface area contributed by atoms with Gasteiger partial charge >= 0.3 is 5.91 Å². The molecule has 1 aromatic heterocycles. The van der Waals surface area contributed by atoms with Gasteiger partial charge in [-0.3, -0.25) is 14.5 Å². The normalized spacial score (nSPS) is 19.4. The molecular formula is C32H28FN3O4S2. The topological polar surface area (TPSA) is 92.6 Å². The lowest BCUT2D eigenvalue weighted by Crippen LogP contribution is -2.29. The summed E-state index contributed by atoms with van der Waals surface area (Å²) in [5.74, 6) is -0.789. The highest BCUT2D eigenvalue weighted by molar-refractivity contribution is 8.00. The van der Waals surface area contributed by atoms with Crippen molar-refractivity contribution in [1.82, 2.24) is 10.2 Å². The van der Waals surface area contributed by atoms with E-state index >= 15 is 0 Å². The van der Waals surface area contributed by atoms with E-state index in [4.69, 9.17) is 4.74 Å². The van der Waals surface area contributed by atoms with Gasteiger partial charge in [-0.1, -0.05) is 79.4 Å². The van der Waals surface area contributed by atoms with Crippen LogP contribution in [0.25, 0.3) is 5.76 Å². The Morgan fingerprint density at radius 3 is 2.62 bits per heavy atom. The number of thioether (sulfide) groups is 1. The molecule has 1 fully saturated rings. The number of carbonyl (C=O) groups is 2. The van der Waals surface area contributed by atoms with Gasteiger partial charge in [0.1, 0.15) is 23.4 Å². The average Bonchev–Trinajstić information content (AvgIpc) is 3.67. The number of ether oxygens (including phenoxy) is 1. The second-order valence-corrected chi connectivity index (χ2v) is 12.9. The van der Waals surface area contributed by atoms with E-state index in [2.05, 4.69) is 24.0 Å². The van der Waals surface area contributed by atoms with Gasteiger partial charge in [-0.05, 0) is 59.4 Å². The number of carbonyl (C=O) groups excluding carboxylic acids is 2. The van der Waals surface area contributed by atoms with E-state index < -0.39 is 17.7 Å². The van der Waals surface area contributed by atoms with Gasteiger partial charge in [-0.25, -0.2) is 4.39 Å². The highest BCUT2D eigenvalue weighted by Crippen LogP contribution is 2.45. The van der Waals surface area contributed by atoms with Crippen molar-refractivity contribution in [1.29, 1.82) is 0 Å². The lowest BCUT2D eigenvalue weighted by molar-refractivity contribution is -0.132. The highest BCUT2D eigenvalue weighted by Gasteiger charge is 2.48. The van der Waals surface area contributed by atoms with E-state index in [0.29, 0.717) is 39.1 Å². The monoisotopic (exact) mass is 601 g/mol. The van der Waals surface area contributed by atoms with E-state index in [9.17, 15) is 19.1 Å². The van der Waals surface area contributed by atoms with Crippen LogP contribution in [0.2, 0.25) is 0 Å². The van der Waals surface area contributed by atoms with Crippen LogP contribution >= 0.6 is 23.1 Å². The fourth-order valence-electron chi connectivity index (χ4n) is 5.25. The lowest BCUT2D eigenvalue weighted by atomic mass is 9.93. The summed E-state index contributed by atoms with van der Waals surface area (Å²) >= 11 is 2.44. The summed E-state index contributed by atoms with van der Waals surface area (Å²) in [5, 5.41) is 20.2. The van der Waals surface area contributed by atoms with Crippen LogP contribution in [0.15, 0.2) is 76.6 Å². The molecule has 2 aliphatic rings. The van der Waals surface area contributed by atoms with Crippen LogP contribution in [0.5, 0.6) is 5.75 Å². The summed E-state index contributed by atoms with van der Waals surface area (Å²) in [5.41, 5.74) is 3.64. The Bertz CT molecular complexity index is 1720. The molecule has 0 radical (unpaired) electrons. The van der Waals surface area contributed by atoms with Crippen LogP contribution in [-0.4, -0.2) is 33.1 Å². The quantitative estimate of drug-likeness (QED) is 0.0798. The molecule has 4 aromatic rings. The second kappa shape index (κ2) is 11.3. The number of nitrogens with zero attached hydrogens (tertiary/aromatic N) is 3. The van der Waals surface area contributed by atoms with Crippen LogP contribution in [0.3, 0.4) is 0 Å². The van der Waals surface area contributed by atoms with Gasteiger partial charge < -0.3 is 9.84 Å². The zero-order valence-electron chi connectivity index (χ0n) is 23.2. The molecule has 2 aliphatic heterocycles. The molecule has 6 rings (SSSR count). The average molecular weight is 602 g/mol. The van der Waals surface area contributed by atoms with Crippen molar-refractivity contribution in [2.75, 3.05) is 4.90 Å². The number of aliphatic hydroxyl groups is 1. The van der Waals surface area contributed by atoms with Gasteiger partial charge in [-0.15, -0.1) is 10.2 Å². The Morgan fingerprint density at radius 2 is 1.88 bits per heavy atom. The van der Waals surface area contributed by atoms with Crippen molar-refractivity contribution in [3.63, 3.8) is 0 Å². The Balaban J connectivity index is 1.40. The second-order valence-electron chi connectivity index (χ2n) is 10.7. The number of rotatable bonds is 7. The van der Waals surface area contributed by atoms with Crippen molar-refractivity contribution < 1.29 is 23.8 Å². The van der Waals surface area contributed by atoms with Crippen LogP contribution in [-0.2, 0) is 21.8 Å². The van der Waals surface area contributed by atoms with Crippen LogP contribution < -0.4 is 9.64 Å². The van der Waals surface area contributed by atoms with Gasteiger partial charge in [-0.2, -0.15) is 0 Å². The predicted octanol–water partition coefficient (Wildman–Crippen LogP) is 7.04. The summed E-state index contributed by atoms with van der Waals surface area (Å²) < 4.78 is 20.5. The number of hydrogen-bond donors (Lipinski definition) is 1. The van der Waals surface area contributed by atoms with Gasteiger partial charge in [0.25, 0.3) is 5.78 Å². The zero-order valence-corrected chi connectivity index (χ0v) is 24.8. The molecule has 0 saturated carbocycles. The van der Waals surface area contributed by atoms with Gasteiger partial charge in [0.15, 0.2) is 4.34 Å². The van der Waals surface area contributed by atoms with E-state index in [1.165, 1.54) is 22.7 Å². The van der Waals surface area contributed by atoms with Crippen molar-refractivity contribution in [3.8, 4) is 5.75 Å². The number of aromatic nitrogens is 2. The number of aliphatic hydroxyl groups excluding tert-OH is 1. The maximum atomic E-state index is 14.1. The first-order valence-electron chi connectivity index (χ1n) is 13.6.